The Morgan fingerprint density at radius 2 is 1.67 bits per heavy atom. The zero-order valence-corrected chi connectivity index (χ0v) is 15.7. The summed E-state index contributed by atoms with van der Waals surface area (Å²) in [6, 6.07) is 0. The molecule has 2 N–H and O–H groups in total. The molecule has 0 saturated heterocycles. The molecule has 0 aromatic carbocycles. The highest BCUT2D eigenvalue weighted by molar-refractivity contribution is 6.09. The summed E-state index contributed by atoms with van der Waals surface area (Å²) in [5, 5.41) is 17.9. The summed E-state index contributed by atoms with van der Waals surface area (Å²) in [4.78, 5) is 24.9. The molecule has 10 nitrogen and oxygen atoms in total. The van der Waals surface area contributed by atoms with Gasteiger partial charge in [-0.1, -0.05) is 0 Å². The van der Waals surface area contributed by atoms with Gasteiger partial charge < -0.3 is 10.6 Å². The maximum atomic E-state index is 12.7. The highest BCUT2D eigenvalue weighted by atomic mass is 16.2. The van der Waals surface area contributed by atoms with Gasteiger partial charge in [0.25, 0.3) is 5.91 Å². The molecule has 0 unspecified atom stereocenters. The van der Waals surface area contributed by atoms with Gasteiger partial charge in [-0.15, -0.1) is 0 Å². The summed E-state index contributed by atoms with van der Waals surface area (Å²) < 4.78 is 4.79. The molecule has 0 aliphatic carbocycles. The van der Waals surface area contributed by atoms with Crippen molar-refractivity contribution < 1.29 is 9.59 Å². The van der Waals surface area contributed by atoms with E-state index in [2.05, 4.69) is 25.9 Å². The average Bonchev–Trinajstić information content (AvgIpc) is 3.29. The molecule has 3 aromatic heterocycles. The van der Waals surface area contributed by atoms with Crippen LogP contribution in [0.25, 0.3) is 0 Å². The number of nitrogens with zero attached hydrogens (tertiary/aromatic N) is 6. The molecule has 0 aliphatic rings. The van der Waals surface area contributed by atoms with E-state index in [1.807, 2.05) is 20.0 Å². The van der Waals surface area contributed by atoms with Gasteiger partial charge in [-0.2, -0.15) is 15.3 Å². The van der Waals surface area contributed by atoms with E-state index in [1.54, 1.807) is 35.9 Å². The Kier molecular flexibility index (Phi) is 5.06. The van der Waals surface area contributed by atoms with E-state index < -0.39 is 0 Å². The predicted octanol–water partition coefficient (Wildman–Crippen LogP) is 1.25. The van der Waals surface area contributed by atoms with Crippen molar-refractivity contribution in [2.45, 2.75) is 26.8 Å². The van der Waals surface area contributed by atoms with E-state index >= 15 is 0 Å². The Morgan fingerprint density at radius 1 is 0.963 bits per heavy atom. The largest absolute Gasteiger partial charge is 0.323 e. The van der Waals surface area contributed by atoms with Crippen LogP contribution in [0.15, 0.2) is 24.8 Å². The number of hydrogen-bond acceptors (Lipinski definition) is 5. The molecule has 3 rings (SSSR count). The van der Waals surface area contributed by atoms with Crippen LogP contribution in [0, 0.1) is 13.8 Å². The highest BCUT2D eigenvalue weighted by Gasteiger charge is 2.20. The summed E-state index contributed by atoms with van der Waals surface area (Å²) >= 11 is 0. The van der Waals surface area contributed by atoms with Crippen LogP contribution in [0.4, 0.5) is 11.4 Å². The molecule has 0 fully saturated rings. The zero-order chi connectivity index (χ0) is 19.6. The fourth-order valence-electron chi connectivity index (χ4n) is 2.62. The smallest absolute Gasteiger partial charge is 0.276 e. The van der Waals surface area contributed by atoms with Crippen molar-refractivity contribution in [2.24, 2.45) is 14.1 Å². The second-order valence-electron chi connectivity index (χ2n) is 6.33. The lowest BCUT2D eigenvalue weighted by Gasteiger charge is -2.09. The van der Waals surface area contributed by atoms with E-state index in [1.165, 1.54) is 10.9 Å². The summed E-state index contributed by atoms with van der Waals surface area (Å²) in [5.74, 6) is -0.591. The zero-order valence-electron chi connectivity index (χ0n) is 15.7. The minimum Gasteiger partial charge on any atom is -0.323 e. The van der Waals surface area contributed by atoms with Gasteiger partial charge in [-0.3, -0.25) is 23.6 Å². The number of nitrogens with one attached hydrogen (secondary N) is 2. The number of hydrogen-bond donors (Lipinski definition) is 2. The van der Waals surface area contributed by atoms with E-state index in [9.17, 15) is 9.59 Å². The first kappa shape index (κ1) is 18.4. The quantitative estimate of drug-likeness (QED) is 0.678. The monoisotopic (exact) mass is 370 g/mol. The van der Waals surface area contributed by atoms with Gasteiger partial charge in [0.1, 0.15) is 5.69 Å². The van der Waals surface area contributed by atoms with Gasteiger partial charge in [-0.25, -0.2) is 0 Å². The molecule has 0 bridgehead atoms. The second kappa shape index (κ2) is 7.44. The molecule has 0 spiro atoms. The van der Waals surface area contributed by atoms with Crippen molar-refractivity contribution in [3.8, 4) is 0 Å². The van der Waals surface area contributed by atoms with Crippen LogP contribution in [-0.4, -0.2) is 41.2 Å². The first-order valence-electron chi connectivity index (χ1n) is 8.46. The SMILES string of the molecule is Cc1cnn(CCC(=O)Nc2cnn(C)c2C(=O)Nc2cnn(C)c2C)c1. The van der Waals surface area contributed by atoms with Gasteiger partial charge in [0.15, 0.2) is 0 Å². The van der Waals surface area contributed by atoms with Crippen LogP contribution in [-0.2, 0) is 25.4 Å². The summed E-state index contributed by atoms with van der Waals surface area (Å²) in [5.41, 5.74) is 3.09. The Hall–Kier alpha value is -3.43. The number of rotatable bonds is 6. The topological polar surface area (TPSA) is 112 Å². The third-order valence-electron chi connectivity index (χ3n) is 4.24. The Bertz CT molecular complexity index is 981. The third kappa shape index (κ3) is 4.05. The second-order valence-corrected chi connectivity index (χ2v) is 6.33. The van der Waals surface area contributed by atoms with Crippen molar-refractivity contribution in [1.29, 1.82) is 0 Å². The van der Waals surface area contributed by atoms with Gasteiger partial charge >= 0.3 is 0 Å². The number of anilines is 2. The maximum Gasteiger partial charge on any atom is 0.276 e. The number of carbonyl (C=O) groups excluding carboxylic acids is 2. The molecule has 142 valence electrons. The summed E-state index contributed by atoms with van der Waals surface area (Å²) in [6.45, 7) is 4.25. The van der Waals surface area contributed by atoms with Gasteiger partial charge in [0.05, 0.1) is 35.7 Å². The molecular formula is C17H22N8O2. The lowest BCUT2D eigenvalue weighted by Crippen LogP contribution is -2.21. The lowest BCUT2D eigenvalue weighted by molar-refractivity contribution is -0.116. The maximum absolute atomic E-state index is 12.7. The molecule has 3 aromatic rings. The number of amides is 2. The van der Waals surface area contributed by atoms with E-state index in [0.29, 0.717) is 17.9 Å². The number of aromatic nitrogens is 6. The van der Waals surface area contributed by atoms with E-state index in [4.69, 9.17) is 0 Å². The number of carbonyl (C=O) groups is 2. The first-order chi connectivity index (χ1) is 12.8. The Labute approximate surface area is 156 Å². The van der Waals surface area contributed by atoms with Gasteiger partial charge in [-0.05, 0) is 19.4 Å². The fraction of sp³-hybridized carbons (Fsp3) is 0.353. The van der Waals surface area contributed by atoms with Crippen LogP contribution in [0.5, 0.6) is 0 Å². The predicted molar refractivity (Wildman–Crippen MR) is 99.3 cm³/mol. The molecular weight excluding hydrogens is 348 g/mol. The molecule has 10 heteroatoms. The minimum atomic E-state index is -0.371. The molecule has 2 amide bonds. The van der Waals surface area contributed by atoms with Crippen molar-refractivity contribution in [3.63, 3.8) is 0 Å². The van der Waals surface area contributed by atoms with Crippen molar-refractivity contribution in [3.05, 3.63) is 41.7 Å². The van der Waals surface area contributed by atoms with Crippen molar-refractivity contribution in [1.82, 2.24) is 29.3 Å². The summed E-state index contributed by atoms with van der Waals surface area (Å²) in [7, 11) is 3.44. The lowest BCUT2D eigenvalue weighted by atomic mass is 10.3. The molecule has 27 heavy (non-hydrogen) atoms. The van der Waals surface area contributed by atoms with E-state index in [-0.39, 0.29) is 23.9 Å². The normalized spacial score (nSPS) is 10.8. The highest BCUT2D eigenvalue weighted by Crippen LogP contribution is 2.19. The first-order valence-corrected chi connectivity index (χ1v) is 8.46. The van der Waals surface area contributed by atoms with Gasteiger partial charge in [0.2, 0.25) is 5.91 Å². The van der Waals surface area contributed by atoms with Crippen LogP contribution in [0.2, 0.25) is 0 Å². The molecule has 0 atom stereocenters. The molecule has 0 radical (unpaired) electrons. The van der Waals surface area contributed by atoms with Crippen molar-refractivity contribution >= 4 is 23.2 Å². The van der Waals surface area contributed by atoms with E-state index in [0.717, 1.165) is 11.3 Å². The van der Waals surface area contributed by atoms with Crippen LogP contribution in [0.1, 0.15) is 28.2 Å². The van der Waals surface area contributed by atoms with Crippen LogP contribution < -0.4 is 10.6 Å². The Balaban J connectivity index is 1.67. The third-order valence-corrected chi connectivity index (χ3v) is 4.24. The van der Waals surface area contributed by atoms with Crippen molar-refractivity contribution in [2.75, 3.05) is 10.6 Å². The van der Waals surface area contributed by atoms with Crippen LogP contribution >= 0.6 is 0 Å². The molecule has 0 aliphatic heterocycles. The standard InChI is InChI=1S/C17H22N8O2/c1-11-7-20-25(10-11)6-5-15(26)21-14-9-19-24(4)16(14)17(27)22-13-8-18-23(3)12(13)2/h7-10H,5-6H2,1-4H3,(H,21,26)(H,22,27). The average molecular weight is 370 g/mol. The Morgan fingerprint density at radius 3 is 2.30 bits per heavy atom. The molecule has 3 heterocycles. The fourth-order valence-corrected chi connectivity index (χ4v) is 2.62. The van der Waals surface area contributed by atoms with Crippen LogP contribution in [0.3, 0.4) is 0 Å². The number of aryl methyl sites for hydroxylation is 4. The summed E-state index contributed by atoms with van der Waals surface area (Å²) in [6.07, 6.45) is 6.88. The minimum absolute atomic E-state index is 0.220. The molecule has 0 saturated carbocycles. The van der Waals surface area contributed by atoms with Gasteiger partial charge in [0, 0.05) is 33.3 Å².